The van der Waals surface area contributed by atoms with Crippen molar-refractivity contribution in [2.75, 3.05) is 13.1 Å². The van der Waals surface area contributed by atoms with Gasteiger partial charge in [-0.1, -0.05) is 29.8 Å². The van der Waals surface area contributed by atoms with Gasteiger partial charge in [-0.2, -0.15) is 0 Å². The van der Waals surface area contributed by atoms with Crippen LogP contribution < -0.4 is 10.6 Å². The molecule has 3 rings (SSSR count). The van der Waals surface area contributed by atoms with Crippen LogP contribution in [0, 0.1) is 0 Å². The zero-order chi connectivity index (χ0) is 16.8. The largest absolute Gasteiger partial charge is 0.339 e. The van der Waals surface area contributed by atoms with Crippen molar-refractivity contribution < 1.29 is 14.4 Å². The van der Waals surface area contributed by atoms with E-state index in [0.717, 1.165) is 5.56 Å². The van der Waals surface area contributed by atoms with Crippen LogP contribution in [0.2, 0.25) is 5.02 Å². The third kappa shape index (κ3) is 2.47. The summed E-state index contributed by atoms with van der Waals surface area (Å²) in [5, 5.41) is 5.42. The number of nitrogens with one attached hydrogen (secondary N) is 2. The number of likely N-dealkylation sites (tertiary alicyclic amines) is 1. The Morgan fingerprint density at radius 1 is 1.30 bits per heavy atom. The van der Waals surface area contributed by atoms with Gasteiger partial charge in [0, 0.05) is 11.6 Å². The van der Waals surface area contributed by atoms with E-state index in [1.54, 1.807) is 11.0 Å². The van der Waals surface area contributed by atoms with E-state index in [0.29, 0.717) is 18.0 Å². The van der Waals surface area contributed by atoms with Crippen molar-refractivity contribution in [1.29, 1.82) is 0 Å². The van der Waals surface area contributed by atoms with Gasteiger partial charge < -0.3 is 10.2 Å². The van der Waals surface area contributed by atoms with Crippen LogP contribution in [0.25, 0.3) is 0 Å². The predicted molar refractivity (Wildman–Crippen MR) is 85.1 cm³/mol. The molecule has 1 aromatic carbocycles. The second-order valence-corrected chi connectivity index (χ2v) is 6.98. The van der Waals surface area contributed by atoms with E-state index in [1.165, 1.54) is 0 Å². The SMILES string of the molecule is CC(C)(C(=O)N1CCC2(C1)NC(=O)NC2=O)c1ccccc1Cl. The summed E-state index contributed by atoms with van der Waals surface area (Å²) in [6.45, 7) is 4.22. The fourth-order valence-corrected chi connectivity index (χ4v) is 3.65. The minimum Gasteiger partial charge on any atom is -0.339 e. The van der Waals surface area contributed by atoms with Crippen LogP contribution in [0.15, 0.2) is 24.3 Å². The van der Waals surface area contributed by atoms with Crippen molar-refractivity contribution in [1.82, 2.24) is 15.5 Å². The van der Waals surface area contributed by atoms with E-state index in [-0.39, 0.29) is 18.4 Å². The molecule has 2 fully saturated rings. The number of halogens is 1. The quantitative estimate of drug-likeness (QED) is 0.802. The lowest BCUT2D eigenvalue weighted by atomic mass is 9.83. The summed E-state index contributed by atoms with van der Waals surface area (Å²) in [5.74, 6) is -0.482. The Hall–Kier alpha value is -2.08. The highest BCUT2D eigenvalue weighted by molar-refractivity contribution is 6.31. The Morgan fingerprint density at radius 2 is 2.00 bits per heavy atom. The van der Waals surface area contributed by atoms with E-state index in [4.69, 9.17) is 11.6 Å². The molecule has 7 heteroatoms. The van der Waals surface area contributed by atoms with Gasteiger partial charge in [-0.25, -0.2) is 4.79 Å². The molecule has 4 amide bonds. The number of hydrogen-bond donors (Lipinski definition) is 2. The Bertz CT molecular complexity index is 704. The highest BCUT2D eigenvalue weighted by atomic mass is 35.5. The summed E-state index contributed by atoms with van der Waals surface area (Å²) in [4.78, 5) is 38.0. The molecular weight excluding hydrogens is 318 g/mol. The number of rotatable bonds is 2. The molecule has 2 aliphatic heterocycles. The number of amides is 4. The van der Waals surface area contributed by atoms with Crippen LogP contribution in [0.4, 0.5) is 4.79 Å². The van der Waals surface area contributed by atoms with Crippen LogP contribution in [0.1, 0.15) is 25.8 Å². The molecule has 6 nitrogen and oxygen atoms in total. The number of carbonyl (C=O) groups is 3. The highest BCUT2D eigenvalue weighted by Gasteiger charge is 2.53. The third-order valence-electron chi connectivity index (χ3n) is 4.65. The highest BCUT2D eigenvalue weighted by Crippen LogP contribution is 2.34. The summed E-state index contributed by atoms with van der Waals surface area (Å²) in [5.41, 5.74) is -1.07. The lowest BCUT2D eigenvalue weighted by molar-refractivity contribution is -0.135. The first kappa shape index (κ1) is 15.8. The first-order valence-corrected chi connectivity index (χ1v) is 7.82. The van der Waals surface area contributed by atoms with Gasteiger partial charge in [0.1, 0.15) is 5.54 Å². The molecule has 2 N–H and O–H groups in total. The van der Waals surface area contributed by atoms with Crippen LogP contribution >= 0.6 is 11.6 Å². The molecule has 2 saturated heterocycles. The molecule has 0 aromatic heterocycles. The van der Waals surface area contributed by atoms with Crippen LogP contribution in [0.5, 0.6) is 0 Å². The number of carbonyl (C=O) groups excluding carboxylic acids is 3. The Balaban J connectivity index is 1.83. The van der Waals surface area contributed by atoms with Gasteiger partial charge in [-0.3, -0.25) is 14.9 Å². The molecule has 1 unspecified atom stereocenters. The molecule has 122 valence electrons. The summed E-state index contributed by atoms with van der Waals surface area (Å²) in [7, 11) is 0. The number of imide groups is 1. The zero-order valence-corrected chi connectivity index (χ0v) is 13.7. The molecule has 0 saturated carbocycles. The van der Waals surface area contributed by atoms with Crippen molar-refractivity contribution in [2.24, 2.45) is 0 Å². The number of hydrogen-bond acceptors (Lipinski definition) is 3. The molecule has 1 spiro atoms. The maximum Gasteiger partial charge on any atom is 0.322 e. The van der Waals surface area contributed by atoms with Gasteiger partial charge >= 0.3 is 6.03 Å². The lowest BCUT2D eigenvalue weighted by Crippen LogP contribution is -2.51. The van der Waals surface area contributed by atoms with Crippen molar-refractivity contribution in [3.63, 3.8) is 0 Å². The molecule has 2 heterocycles. The molecule has 23 heavy (non-hydrogen) atoms. The fourth-order valence-electron chi connectivity index (χ4n) is 3.28. The van der Waals surface area contributed by atoms with Crippen LogP contribution in [0.3, 0.4) is 0 Å². The van der Waals surface area contributed by atoms with E-state index in [1.807, 2.05) is 32.0 Å². The summed E-state index contributed by atoms with van der Waals surface area (Å²) in [6.07, 6.45) is 0.412. The van der Waals surface area contributed by atoms with Gasteiger partial charge in [0.25, 0.3) is 5.91 Å². The molecule has 0 aliphatic carbocycles. The second kappa shape index (κ2) is 5.23. The summed E-state index contributed by atoms with van der Waals surface area (Å²) in [6, 6.07) is 6.73. The minimum atomic E-state index is -0.997. The zero-order valence-electron chi connectivity index (χ0n) is 13.0. The third-order valence-corrected chi connectivity index (χ3v) is 4.98. The van der Waals surface area contributed by atoms with Crippen molar-refractivity contribution in [3.8, 4) is 0 Å². The van der Waals surface area contributed by atoms with Crippen molar-refractivity contribution in [2.45, 2.75) is 31.2 Å². The fraction of sp³-hybridized carbons (Fsp3) is 0.438. The van der Waals surface area contributed by atoms with Gasteiger partial charge in [-0.05, 0) is 31.9 Å². The average Bonchev–Trinajstić information content (AvgIpc) is 3.03. The van der Waals surface area contributed by atoms with Crippen LogP contribution in [-0.4, -0.2) is 41.4 Å². The number of benzene rings is 1. The van der Waals surface area contributed by atoms with Crippen molar-refractivity contribution >= 4 is 29.4 Å². The maximum atomic E-state index is 13.0. The van der Waals surface area contributed by atoms with Gasteiger partial charge in [-0.15, -0.1) is 0 Å². The molecule has 2 aliphatic rings. The summed E-state index contributed by atoms with van der Waals surface area (Å²) >= 11 is 6.23. The smallest absolute Gasteiger partial charge is 0.322 e. The topological polar surface area (TPSA) is 78.5 Å². The van der Waals surface area contributed by atoms with E-state index < -0.39 is 17.0 Å². The Morgan fingerprint density at radius 3 is 2.61 bits per heavy atom. The normalized spacial score (nSPS) is 24.0. The van der Waals surface area contributed by atoms with Gasteiger partial charge in [0.2, 0.25) is 5.91 Å². The lowest BCUT2D eigenvalue weighted by Gasteiger charge is -2.31. The summed E-state index contributed by atoms with van der Waals surface area (Å²) < 4.78 is 0. The molecule has 0 radical (unpaired) electrons. The van der Waals surface area contributed by atoms with Gasteiger partial charge in [0.15, 0.2) is 0 Å². The number of nitrogens with zero attached hydrogens (tertiary/aromatic N) is 1. The first-order chi connectivity index (χ1) is 10.8. The Labute approximate surface area is 139 Å². The van der Waals surface area contributed by atoms with Crippen LogP contribution in [-0.2, 0) is 15.0 Å². The average molecular weight is 336 g/mol. The number of urea groups is 1. The standard InChI is InChI=1S/C16H18ClN3O3/c1-15(2,10-5-3-4-6-11(10)17)13(22)20-8-7-16(9-20)12(21)18-14(23)19-16/h3-6H,7-9H2,1-2H3,(H2,18,19,21,23). The van der Waals surface area contributed by atoms with E-state index in [9.17, 15) is 14.4 Å². The van der Waals surface area contributed by atoms with E-state index >= 15 is 0 Å². The molecule has 0 bridgehead atoms. The first-order valence-electron chi connectivity index (χ1n) is 7.44. The second-order valence-electron chi connectivity index (χ2n) is 6.57. The molecular formula is C16H18ClN3O3. The Kier molecular flexibility index (Phi) is 3.59. The van der Waals surface area contributed by atoms with Gasteiger partial charge in [0.05, 0.1) is 12.0 Å². The van der Waals surface area contributed by atoms with E-state index in [2.05, 4.69) is 10.6 Å². The molecule has 1 aromatic rings. The predicted octanol–water partition coefficient (Wildman–Crippen LogP) is 1.43. The minimum absolute atomic E-state index is 0.114. The maximum absolute atomic E-state index is 13.0. The molecule has 1 atom stereocenters. The van der Waals surface area contributed by atoms with Crippen molar-refractivity contribution in [3.05, 3.63) is 34.9 Å². The monoisotopic (exact) mass is 335 g/mol.